The molecule has 3 aromatic carbocycles. The number of carbonyl (C=O) groups is 3. The number of methoxy groups -OCH3 is 1. The van der Waals surface area contributed by atoms with Crippen LogP contribution in [0.4, 0.5) is 4.79 Å². The monoisotopic (exact) mass is 493 g/mol. The molecular formula is C26H20ClNO5S. The third-order valence-corrected chi connectivity index (χ3v) is 6.26. The van der Waals surface area contributed by atoms with Crippen LogP contribution in [-0.2, 0) is 11.3 Å². The lowest BCUT2D eigenvalue weighted by Gasteiger charge is -2.12. The van der Waals surface area contributed by atoms with E-state index < -0.39 is 5.97 Å². The van der Waals surface area contributed by atoms with Crippen LogP contribution in [0.15, 0.2) is 71.6 Å². The summed E-state index contributed by atoms with van der Waals surface area (Å²) in [5.41, 5.74) is 2.88. The number of thioether (sulfide) groups is 1. The third-order valence-electron chi connectivity index (χ3n) is 5.10. The van der Waals surface area contributed by atoms with Gasteiger partial charge in [0.1, 0.15) is 0 Å². The Kier molecular flexibility index (Phi) is 7.05. The number of imide groups is 1. The van der Waals surface area contributed by atoms with Crippen LogP contribution >= 0.6 is 23.4 Å². The minimum absolute atomic E-state index is 0.190. The SMILES string of the molecule is COc1ccc(/C=C2\SC(=O)N(Cc3ccc(C)cc3)C2=O)cc1OC(=O)c1ccc(Cl)cc1. The van der Waals surface area contributed by atoms with Gasteiger partial charge in [-0.15, -0.1) is 0 Å². The summed E-state index contributed by atoms with van der Waals surface area (Å²) >= 11 is 6.75. The number of amides is 2. The summed E-state index contributed by atoms with van der Waals surface area (Å²) in [5.74, 6) is -0.404. The molecule has 0 aromatic heterocycles. The second-order valence-corrected chi connectivity index (χ2v) is 8.99. The number of carbonyl (C=O) groups excluding carboxylic acids is 3. The highest BCUT2D eigenvalue weighted by Gasteiger charge is 2.35. The lowest BCUT2D eigenvalue weighted by atomic mass is 10.1. The average Bonchev–Trinajstić information content (AvgIpc) is 3.08. The van der Waals surface area contributed by atoms with E-state index in [1.54, 1.807) is 48.5 Å². The molecule has 0 saturated carbocycles. The first-order chi connectivity index (χ1) is 16.3. The number of hydrogen-bond donors (Lipinski definition) is 0. The maximum absolute atomic E-state index is 12.9. The van der Waals surface area contributed by atoms with Crippen molar-refractivity contribution in [1.82, 2.24) is 4.90 Å². The zero-order valence-electron chi connectivity index (χ0n) is 18.4. The number of benzene rings is 3. The smallest absolute Gasteiger partial charge is 0.343 e. The van der Waals surface area contributed by atoms with Crippen LogP contribution in [0.2, 0.25) is 5.02 Å². The van der Waals surface area contributed by atoms with Crippen molar-refractivity contribution < 1.29 is 23.9 Å². The van der Waals surface area contributed by atoms with Crippen LogP contribution in [0.3, 0.4) is 0 Å². The molecule has 0 N–H and O–H groups in total. The van der Waals surface area contributed by atoms with Gasteiger partial charge in [-0.1, -0.05) is 47.5 Å². The normalized spacial score (nSPS) is 14.6. The predicted molar refractivity (Wildman–Crippen MR) is 132 cm³/mol. The van der Waals surface area contributed by atoms with Gasteiger partial charge in [-0.2, -0.15) is 0 Å². The molecule has 172 valence electrons. The highest BCUT2D eigenvalue weighted by Crippen LogP contribution is 2.35. The van der Waals surface area contributed by atoms with E-state index in [0.717, 1.165) is 22.9 Å². The van der Waals surface area contributed by atoms with Crippen molar-refractivity contribution >= 4 is 46.6 Å². The van der Waals surface area contributed by atoms with Gasteiger partial charge in [-0.25, -0.2) is 4.79 Å². The molecule has 0 atom stereocenters. The Morgan fingerprint density at radius 2 is 1.71 bits per heavy atom. The standard InChI is InChI=1S/C26H20ClNO5S/c1-16-3-5-17(6-4-16)15-28-24(29)23(34-26(28)31)14-18-7-12-21(32-2)22(13-18)33-25(30)19-8-10-20(27)11-9-19/h3-14H,15H2,1-2H3/b23-14-. The second-order valence-electron chi connectivity index (χ2n) is 7.56. The summed E-state index contributed by atoms with van der Waals surface area (Å²) in [6.45, 7) is 2.18. The molecule has 1 aliphatic heterocycles. The van der Waals surface area contributed by atoms with E-state index in [0.29, 0.717) is 21.9 Å². The van der Waals surface area contributed by atoms with Gasteiger partial charge in [0, 0.05) is 5.02 Å². The fourth-order valence-electron chi connectivity index (χ4n) is 3.27. The molecule has 4 rings (SSSR count). The Hall–Kier alpha value is -3.55. The van der Waals surface area contributed by atoms with Crippen LogP contribution in [0, 0.1) is 6.92 Å². The zero-order chi connectivity index (χ0) is 24.2. The molecule has 3 aromatic rings. The Balaban J connectivity index is 1.54. The number of ether oxygens (including phenoxy) is 2. The first kappa shape index (κ1) is 23.6. The average molecular weight is 494 g/mol. The van der Waals surface area contributed by atoms with Crippen LogP contribution < -0.4 is 9.47 Å². The fraction of sp³-hybridized carbons (Fsp3) is 0.115. The van der Waals surface area contributed by atoms with E-state index in [1.807, 2.05) is 31.2 Å². The summed E-state index contributed by atoms with van der Waals surface area (Å²) in [7, 11) is 1.46. The molecule has 1 saturated heterocycles. The Bertz CT molecular complexity index is 1290. The molecular weight excluding hydrogens is 474 g/mol. The van der Waals surface area contributed by atoms with Crippen LogP contribution in [-0.4, -0.2) is 29.1 Å². The lowest BCUT2D eigenvalue weighted by molar-refractivity contribution is -0.123. The highest BCUT2D eigenvalue weighted by molar-refractivity contribution is 8.18. The fourth-order valence-corrected chi connectivity index (χ4v) is 4.24. The van der Waals surface area contributed by atoms with Gasteiger partial charge < -0.3 is 9.47 Å². The largest absolute Gasteiger partial charge is 0.493 e. The molecule has 1 heterocycles. The van der Waals surface area contributed by atoms with Gasteiger partial charge in [0.25, 0.3) is 11.1 Å². The number of hydrogen-bond acceptors (Lipinski definition) is 6. The van der Waals surface area contributed by atoms with E-state index >= 15 is 0 Å². The van der Waals surface area contributed by atoms with Crippen molar-refractivity contribution in [2.75, 3.05) is 7.11 Å². The number of aryl methyl sites for hydroxylation is 1. The van der Waals surface area contributed by atoms with E-state index in [9.17, 15) is 14.4 Å². The minimum Gasteiger partial charge on any atom is -0.493 e. The van der Waals surface area contributed by atoms with Crippen molar-refractivity contribution in [1.29, 1.82) is 0 Å². The van der Waals surface area contributed by atoms with Gasteiger partial charge in [-0.05, 0) is 72.3 Å². The molecule has 2 amide bonds. The molecule has 1 aliphatic rings. The van der Waals surface area contributed by atoms with Gasteiger partial charge in [0.05, 0.1) is 24.1 Å². The number of esters is 1. The molecule has 1 fully saturated rings. The predicted octanol–water partition coefficient (Wildman–Crippen LogP) is 6.11. The van der Waals surface area contributed by atoms with Crippen molar-refractivity contribution in [3.8, 4) is 11.5 Å². The summed E-state index contributed by atoms with van der Waals surface area (Å²) < 4.78 is 10.8. The summed E-state index contributed by atoms with van der Waals surface area (Å²) in [6, 6.07) is 18.9. The Labute approximate surface area is 206 Å². The number of halogens is 1. The molecule has 6 nitrogen and oxygen atoms in total. The zero-order valence-corrected chi connectivity index (χ0v) is 20.0. The van der Waals surface area contributed by atoms with E-state index in [2.05, 4.69) is 0 Å². The van der Waals surface area contributed by atoms with Crippen molar-refractivity contribution in [3.05, 3.63) is 98.9 Å². The molecule has 8 heteroatoms. The van der Waals surface area contributed by atoms with Gasteiger partial charge in [-0.3, -0.25) is 14.5 Å². The molecule has 0 aliphatic carbocycles. The molecule has 34 heavy (non-hydrogen) atoms. The van der Waals surface area contributed by atoms with Crippen LogP contribution in [0.25, 0.3) is 6.08 Å². The molecule has 0 spiro atoms. The van der Waals surface area contributed by atoms with Crippen molar-refractivity contribution in [2.45, 2.75) is 13.5 Å². The van der Waals surface area contributed by atoms with Crippen molar-refractivity contribution in [2.24, 2.45) is 0 Å². The summed E-state index contributed by atoms with van der Waals surface area (Å²) in [5, 5.41) is 0.173. The summed E-state index contributed by atoms with van der Waals surface area (Å²) in [4.78, 5) is 39.4. The van der Waals surface area contributed by atoms with Crippen LogP contribution in [0.1, 0.15) is 27.0 Å². The van der Waals surface area contributed by atoms with Gasteiger partial charge in [0.2, 0.25) is 0 Å². The topological polar surface area (TPSA) is 72.9 Å². The first-order valence-corrected chi connectivity index (χ1v) is 11.5. The summed E-state index contributed by atoms with van der Waals surface area (Å²) in [6.07, 6.45) is 1.60. The second kappa shape index (κ2) is 10.2. The maximum Gasteiger partial charge on any atom is 0.343 e. The van der Waals surface area contributed by atoms with Crippen molar-refractivity contribution in [3.63, 3.8) is 0 Å². The molecule has 0 radical (unpaired) electrons. The first-order valence-electron chi connectivity index (χ1n) is 10.3. The molecule has 0 bridgehead atoms. The van der Waals surface area contributed by atoms with Crippen LogP contribution in [0.5, 0.6) is 11.5 Å². The van der Waals surface area contributed by atoms with E-state index in [-0.39, 0.29) is 28.3 Å². The van der Waals surface area contributed by atoms with E-state index in [1.165, 1.54) is 12.0 Å². The van der Waals surface area contributed by atoms with E-state index in [4.69, 9.17) is 21.1 Å². The third kappa shape index (κ3) is 5.32. The Morgan fingerprint density at radius 3 is 2.38 bits per heavy atom. The molecule has 0 unspecified atom stereocenters. The van der Waals surface area contributed by atoms with Gasteiger partial charge >= 0.3 is 5.97 Å². The number of rotatable bonds is 6. The highest BCUT2D eigenvalue weighted by atomic mass is 35.5. The number of nitrogens with zero attached hydrogens (tertiary/aromatic N) is 1. The lowest BCUT2D eigenvalue weighted by Crippen LogP contribution is -2.27. The van der Waals surface area contributed by atoms with Gasteiger partial charge in [0.15, 0.2) is 11.5 Å². The Morgan fingerprint density at radius 1 is 1.00 bits per heavy atom. The minimum atomic E-state index is -0.578. The maximum atomic E-state index is 12.9. The quantitative estimate of drug-likeness (QED) is 0.234.